The highest BCUT2D eigenvalue weighted by Gasteiger charge is 2.11. The monoisotopic (exact) mass is 324 g/mol. The molecule has 1 aromatic heterocycles. The number of amides is 1. The number of nitrogens with zero attached hydrogens (tertiary/aromatic N) is 1. The Morgan fingerprint density at radius 1 is 1.17 bits per heavy atom. The number of hydrogen-bond acceptors (Lipinski definition) is 4. The first-order chi connectivity index (χ1) is 11.3. The number of aliphatic hydroxyl groups is 1. The molecular formula is C18H16N2O2S. The number of nitrogens with one attached hydrogen (secondary N) is 1. The van der Waals surface area contributed by atoms with Crippen LogP contribution in [0.1, 0.15) is 16.6 Å². The van der Waals surface area contributed by atoms with Crippen LogP contribution in [-0.4, -0.2) is 22.6 Å². The summed E-state index contributed by atoms with van der Waals surface area (Å²) in [5, 5.41) is 13.0. The highest BCUT2D eigenvalue weighted by Crippen LogP contribution is 2.22. The first-order valence-corrected chi connectivity index (χ1v) is 8.08. The molecule has 1 atom stereocenters. The van der Waals surface area contributed by atoms with E-state index in [1.165, 1.54) is 17.4 Å². The van der Waals surface area contributed by atoms with Gasteiger partial charge in [-0.2, -0.15) is 0 Å². The fraction of sp³-hybridized carbons (Fsp3) is 0.111. The number of benzene rings is 2. The molecule has 0 bridgehead atoms. The molecule has 116 valence electrons. The van der Waals surface area contributed by atoms with Crippen LogP contribution in [-0.2, 0) is 4.79 Å². The SMILES string of the molecule is O=C(/C=C/c1nc2ccccc2s1)NC(CO)c1ccccc1. The van der Waals surface area contributed by atoms with Gasteiger partial charge in [0.1, 0.15) is 5.01 Å². The van der Waals surface area contributed by atoms with Gasteiger partial charge in [0.15, 0.2) is 0 Å². The van der Waals surface area contributed by atoms with Crippen LogP contribution in [0.2, 0.25) is 0 Å². The molecule has 0 aliphatic rings. The Labute approximate surface area is 138 Å². The molecular weight excluding hydrogens is 308 g/mol. The number of carbonyl (C=O) groups is 1. The summed E-state index contributed by atoms with van der Waals surface area (Å²) in [7, 11) is 0. The topological polar surface area (TPSA) is 62.2 Å². The van der Waals surface area contributed by atoms with Crippen LogP contribution < -0.4 is 5.32 Å². The zero-order valence-electron chi connectivity index (χ0n) is 12.3. The standard InChI is InChI=1S/C18H16N2O2S/c21-12-15(13-6-2-1-3-7-13)19-17(22)10-11-18-20-14-8-4-5-9-16(14)23-18/h1-11,15,21H,12H2,(H,19,22)/b11-10+. The van der Waals surface area contributed by atoms with Crippen molar-refractivity contribution in [3.05, 3.63) is 71.2 Å². The van der Waals surface area contributed by atoms with Crippen LogP contribution in [0.25, 0.3) is 16.3 Å². The third-order valence-corrected chi connectivity index (χ3v) is 4.39. The van der Waals surface area contributed by atoms with E-state index in [0.29, 0.717) is 0 Å². The molecule has 0 radical (unpaired) electrons. The molecule has 0 spiro atoms. The van der Waals surface area contributed by atoms with Crippen LogP contribution in [0.15, 0.2) is 60.7 Å². The van der Waals surface area contributed by atoms with E-state index in [4.69, 9.17) is 0 Å². The second-order valence-corrected chi connectivity index (χ2v) is 6.07. The minimum Gasteiger partial charge on any atom is -0.394 e. The van der Waals surface area contributed by atoms with E-state index in [-0.39, 0.29) is 12.5 Å². The molecule has 0 fully saturated rings. The number of para-hydroxylation sites is 1. The number of aromatic nitrogens is 1. The highest BCUT2D eigenvalue weighted by molar-refractivity contribution is 7.19. The summed E-state index contributed by atoms with van der Waals surface area (Å²) in [6.07, 6.45) is 3.14. The number of thiazole rings is 1. The lowest BCUT2D eigenvalue weighted by atomic mass is 10.1. The second kappa shape index (κ2) is 7.17. The van der Waals surface area contributed by atoms with Gasteiger partial charge in [0.25, 0.3) is 0 Å². The number of hydrogen-bond donors (Lipinski definition) is 2. The molecule has 3 aromatic rings. The maximum Gasteiger partial charge on any atom is 0.244 e. The van der Waals surface area contributed by atoms with Gasteiger partial charge >= 0.3 is 0 Å². The lowest BCUT2D eigenvalue weighted by Crippen LogP contribution is -2.29. The summed E-state index contributed by atoms with van der Waals surface area (Å²) in [6, 6.07) is 16.8. The minimum absolute atomic E-state index is 0.148. The lowest BCUT2D eigenvalue weighted by molar-refractivity contribution is -0.117. The number of fused-ring (bicyclic) bond motifs is 1. The summed E-state index contributed by atoms with van der Waals surface area (Å²) >= 11 is 1.53. The molecule has 0 saturated carbocycles. The van der Waals surface area contributed by atoms with Gasteiger partial charge in [0, 0.05) is 6.08 Å². The van der Waals surface area contributed by atoms with Crippen molar-refractivity contribution in [3.63, 3.8) is 0 Å². The predicted molar refractivity (Wildman–Crippen MR) is 93.1 cm³/mol. The lowest BCUT2D eigenvalue weighted by Gasteiger charge is -2.15. The maximum atomic E-state index is 12.0. The summed E-state index contributed by atoms with van der Waals surface area (Å²) in [6.45, 7) is -0.148. The van der Waals surface area contributed by atoms with Crippen molar-refractivity contribution in [2.24, 2.45) is 0 Å². The van der Waals surface area contributed by atoms with E-state index in [1.54, 1.807) is 6.08 Å². The second-order valence-electron chi connectivity index (χ2n) is 5.01. The number of carbonyl (C=O) groups excluding carboxylic acids is 1. The molecule has 0 aliphatic heterocycles. The molecule has 3 rings (SSSR count). The smallest absolute Gasteiger partial charge is 0.244 e. The van der Waals surface area contributed by atoms with Gasteiger partial charge in [-0.05, 0) is 23.8 Å². The Morgan fingerprint density at radius 3 is 2.65 bits per heavy atom. The Kier molecular flexibility index (Phi) is 4.80. The van der Waals surface area contributed by atoms with Crippen molar-refractivity contribution < 1.29 is 9.90 Å². The predicted octanol–water partition coefficient (Wildman–Crippen LogP) is 3.16. The highest BCUT2D eigenvalue weighted by atomic mass is 32.1. The Morgan fingerprint density at radius 2 is 1.91 bits per heavy atom. The van der Waals surface area contributed by atoms with Gasteiger partial charge in [-0.3, -0.25) is 4.79 Å². The van der Waals surface area contributed by atoms with Gasteiger partial charge in [-0.25, -0.2) is 4.98 Å². The minimum atomic E-state index is -0.413. The van der Waals surface area contributed by atoms with Crippen molar-refractivity contribution >= 4 is 33.5 Å². The normalized spacial score (nSPS) is 12.6. The average Bonchev–Trinajstić information content (AvgIpc) is 3.01. The molecule has 5 heteroatoms. The van der Waals surface area contributed by atoms with Crippen molar-refractivity contribution in [3.8, 4) is 0 Å². The third kappa shape index (κ3) is 3.83. The summed E-state index contributed by atoms with van der Waals surface area (Å²) in [5.41, 5.74) is 1.80. The molecule has 0 aliphatic carbocycles. The van der Waals surface area contributed by atoms with Crippen molar-refractivity contribution in [1.29, 1.82) is 0 Å². The average molecular weight is 324 g/mol. The van der Waals surface area contributed by atoms with E-state index in [2.05, 4.69) is 10.3 Å². The largest absolute Gasteiger partial charge is 0.394 e. The van der Waals surface area contributed by atoms with Crippen molar-refractivity contribution in [1.82, 2.24) is 10.3 Å². The van der Waals surface area contributed by atoms with E-state index < -0.39 is 6.04 Å². The number of rotatable bonds is 5. The van der Waals surface area contributed by atoms with E-state index >= 15 is 0 Å². The van der Waals surface area contributed by atoms with Crippen LogP contribution in [0.3, 0.4) is 0 Å². The van der Waals surface area contributed by atoms with Crippen LogP contribution in [0, 0.1) is 0 Å². The third-order valence-electron chi connectivity index (χ3n) is 3.39. The summed E-state index contributed by atoms with van der Waals surface area (Å²) < 4.78 is 1.09. The van der Waals surface area contributed by atoms with E-state index in [9.17, 15) is 9.90 Å². The van der Waals surface area contributed by atoms with Crippen LogP contribution >= 0.6 is 11.3 Å². The van der Waals surface area contributed by atoms with E-state index in [0.717, 1.165) is 20.8 Å². The maximum absolute atomic E-state index is 12.0. The zero-order chi connectivity index (χ0) is 16.1. The van der Waals surface area contributed by atoms with Gasteiger partial charge in [0.2, 0.25) is 5.91 Å². The first kappa shape index (κ1) is 15.4. The molecule has 4 nitrogen and oxygen atoms in total. The molecule has 0 saturated heterocycles. The van der Waals surface area contributed by atoms with Crippen LogP contribution in [0.5, 0.6) is 0 Å². The number of aliphatic hydroxyl groups excluding tert-OH is 1. The van der Waals surface area contributed by atoms with Gasteiger partial charge in [-0.1, -0.05) is 42.5 Å². The molecule has 23 heavy (non-hydrogen) atoms. The first-order valence-electron chi connectivity index (χ1n) is 7.26. The van der Waals surface area contributed by atoms with Crippen LogP contribution in [0.4, 0.5) is 0 Å². The van der Waals surface area contributed by atoms with E-state index in [1.807, 2.05) is 54.6 Å². The van der Waals surface area contributed by atoms with Crippen molar-refractivity contribution in [2.75, 3.05) is 6.61 Å². The molecule has 1 heterocycles. The fourth-order valence-electron chi connectivity index (χ4n) is 2.25. The Bertz CT molecular complexity index is 794. The summed E-state index contributed by atoms with van der Waals surface area (Å²) in [5.74, 6) is -0.257. The Hall–Kier alpha value is -2.50. The van der Waals surface area contributed by atoms with Gasteiger partial charge < -0.3 is 10.4 Å². The van der Waals surface area contributed by atoms with Crippen molar-refractivity contribution in [2.45, 2.75) is 6.04 Å². The summed E-state index contributed by atoms with van der Waals surface area (Å²) in [4.78, 5) is 16.5. The zero-order valence-corrected chi connectivity index (χ0v) is 13.2. The fourth-order valence-corrected chi connectivity index (χ4v) is 3.12. The molecule has 2 aromatic carbocycles. The molecule has 2 N–H and O–H groups in total. The Balaban J connectivity index is 1.68. The van der Waals surface area contributed by atoms with Gasteiger partial charge in [-0.15, -0.1) is 11.3 Å². The molecule has 1 unspecified atom stereocenters. The quantitative estimate of drug-likeness (QED) is 0.709. The molecule has 1 amide bonds. The van der Waals surface area contributed by atoms with Gasteiger partial charge in [0.05, 0.1) is 22.9 Å².